The maximum Gasteiger partial charge on any atom is 0.276 e. The lowest BCUT2D eigenvalue weighted by Crippen LogP contribution is -2.55. The fourth-order valence-corrected chi connectivity index (χ4v) is 3.91. The highest BCUT2D eigenvalue weighted by molar-refractivity contribution is 6.23. The van der Waals surface area contributed by atoms with Crippen molar-refractivity contribution >= 4 is 40.1 Å². The summed E-state index contributed by atoms with van der Waals surface area (Å²) in [5.41, 5.74) is 3.80. The van der Waals surface area contributed by atoms with Gasteiger partial charge in [0.2, 0.25) is 11.8 Å². The zero-order chi connectivity index (χ0) is 24.2. The molecule has 34 heavy (non-hydrogen) atoms. The summed E-state index contributed by atoms with van der Waals surface area (Å²) in [6.07, 6.45) is -0.168. The van der Waals surface area contributed by atoms with Crippen LogP contribution in [0.25, 0.3) is 10.8 Å². The van der Waals surface area contributed by atoms with Gasteiger partial charge in [-0.15, -0.1) is 0 Å². The molecule has 1 aliphatic heterocycles. The number of imide groups is 1. The van der Waals surface area contributed by atoms with Crippen LogP contribution in [0, 0.1) is 6.92 Å². The normalized spacial score (nSPS) is 15.5. The first-order valence-corrected chi connectivity index (χ1v) is 11.0. The van der Waals surface area contributed by atoms with E-state index in [0.717, 1.165) is 26.2 Å². The predicted molar refractivity (Wildman–Crippen MR) is 127 cm³/mol. The van der Waals surface area contributed by atoms with Crippen LogP contribution < -0.4 is 15.1 Å². The van der Waals surface area contributed by atoms with Gasteiger partial charge >= 0.3 is 0 Å². The number of anilines is 1. The van der Waals surface area contributed by atoms with Crippen LogP contribution in [0.4, 0.5) is 5.69 Å². The Labute approximate surface area is 197 Å². The molecular weight excluding hydrogens is 434 g/mol. The highest BCUT2D eigenvalue weighted by atomic mass is 16.5. The molecular formula is C26H25N3O5. The van der Waals surface area contributed by atoms with Crippen LogP contribution in [0.1, 0.15) is 25.3 Å². The van der Waals surface area contributed by atoms with Gasteiger partial charge in [-0.2, -0.15) is 0 Å². The summed E-state index contributed by atoms with van der Waals surface area (Å²) in [5.74, 6) is -1.58. The number of nitrogens with zero attached hydrogens (tertiary/aromatic N) is 2. The molecule has 0 saturated carbocycles. The number of carbonyl (C=O) groups excluding carboxylic acids is 4. The van der Waals surface area contributed by atoms with Gasteiger partial charge in [0.05, 0.1) is 12.1 Å². The second kappa shape index (κ2) is 9.74. The molecule has 1 fully saturated rings. The van der Waals surface area contributed by atoms with E-state index >= 15 is 0 Å². The third-order valence-corrected chi connectivity index (χ3v) is 5.60. The molecule has 0 radical (unpaired) electrons. The van der Waals surface area contributed by atoms with Crippen molar-refractivity contribution in [1.29, 1.82) is 0 Å². The molecule has 0 spiro atoms. The minimum atomic E-state index is -1.12. The molecule has 174 valence electrons. The average molecular weight is 460 g/mol. The Hall–Kier alpha value is -4.20. The van der Waals surface area contributed by atoms with Crippen molar-refractivity contribution in [2.45, 2.75) is 32.7 Å². The van der Waals surface area contributed by atoms with Crippen LogP contribution >= 0.6 is 0 Å². The predicted octanol–water partition coefficient (Wildman–Crippen LogP) is 3.13. The van der Waals surface area contributed by atoms with Crippen molar-refractivity contribution in [2.75, 3.05) is 11.5 Å². The Morgan fingerprint density at radius 2 is 1.79 bits per heavy atom. The van der Waals surface area contributed by atoms with Gasteiger partial charge in [-0.1, -0.05) is 49.4 Å². The molecule has 1 aliphatic rings. The zero-order valence-electron chi connectivity index (χ0n) is 19.0. The molecule has 4 amide bonds. The Kier molecular flexibility index (Phi) is 6.58. The maximum absolute atomic E-state index is 13.1. The van der Waals surface area contributed by atoms with Crippen LogP contribution in [0.15, 0.2) is 66.7 Å². The third kappa shape index (κ3) is 4.76. The highest BCUT2D eigenvalue weighted by Gasteiger charge is 2.45. The molecule has 0 bridgehead atoms. The van der Waals surface area contributed by atoms with Gasteiger partial charge in [-0.05, 0) is 47.5 Å². The second-order valence-corrected chi connectivity index (χ2v) is 8.08. The standard InChI is InChI=1S/C26H25N3O5/c1-3-24(31)29(22-15-25(32)28(26(22)33)20-10-6-7-17(2)13-20)27-23(30)16-34-21-12-11-18-8-4-5-9-19(18)14-21/h4-14,22H,3,15-16H2,1-2H3,(H,27,30). The molecule has 1 heterocycles. The van der Waals surface area contributed by atoms with Gasteiger partial charge in [0.25, 0.3) is 11.8 Å². The molecule has 3 aromatic carbocycles. The number of carbonyl (C=O) groups is 4. The van der Waals surface area contributed by atoms with E-state index in [0.29, 0.717) is 11.4 Å². The summed E-state index contributed by atoms with van der Waals surface area (Å²) in [7, 11) is 0. The van der Waals surface area contributed by atoms with Crippen LogP contribution in [0.2, 0.25) is 0 Å². The lowest BCUT2D eigenvalue weighted by atomic mass is 10.1. The summed E-state index contributed by atoms with van der Waals surface area (Å²) < 4.78 is 5.59. The first-order valence-electron chi connectivity index (χ1n) is 11.0. The molecule has 1 atom stereocenters. The monoisotopic (exact) mass is 459 g/mol. The van der Waals surface area contributed by atoms with E-state index in [1.165, 1.54) is 0 Å². The molecule has 3 aromatic rings. The number of aryl methyl sites for hydroxylation is 1. The molecule has 8 heteroatoms. The first kappa shape index (κ1) is 23.0. The molecule has 0 aromatic heterocycles. The fourth-order valence-electron chi connectivity index (χ4n) is 3.91. The van der Waals surface area contributed by atoms with Gasteiger partial charge in [0, 0.05) is 6.42 Å². The van der Waals surface area contributed by atoms with Crippen molar-refractivity contribution < 1.29 is 23.9 Å². The van der Waals surface area contributed by atoms with E-state index in [9.17, 15) is 19.2 Å². The van der Waals surface area contributed by atoms with E-state index in [-0.39, 0.29) is 19.4 Å². The van der Waals surface area contributed by atoms with E-state index in [4.69, 9.17) is 4.74 Å². The Bertz CT molecular complexity index is 1270. The van der Waals surface area contributed by atoms with Crippen molar-refractivity contribution in [3.63, 3.8) is 0 Å². The lowest BCUT2D eigenvalue weighted by Gasteiger charge is -2.27. The first-order chi connectivity index (χ1) is 16.4. The molecule has 0 aliphatic carbocycles. The van der Waals surface area contributed by atoms with Crippen LogP contribution in [-0.4, -0.2) is 41.3 Å². The van der Waals surface area contributed by atoms with Crippen molar-refractivity contribution in [1.82, 2.24) is 10.4 Å². The number of benzene rings is 3. The van der Waals surface area contributed by atoms with Crippen LogP contribution in [0.3, 0.4) is 0 Å². The number of nitrogens with one attached hydrogen (secondary N) is 1. The number of hydrazine groups is 1. The lowest BCUT2D eigenvalue weighted by molar-refractivity contribution is -0.148. The minimum Gasteiger partial charge on any atom is -0.484 e. The average Bonchev–Trinajstić information content (AvgIpc) is 3.13. The summed E-state index contributed by atoms with van der Waals surface area (Å²) in [6.45, 7) is 3.11. The van der Waals surface area contributed by atoms with E-state index in [2.05, 4.69) is 5.43 Å². The second-order valence-electron chi connectivity index (χ2n) is 8.08. The number of amides is 4. The number of hydrogen-bond donors (Lipinski definition) is 1. The largest absolute Gasteiger partial charge is 0.484 e. The Morgan fingerprint density at radius 3 is 2.53 bits per heavy atom. The topological polar surface area (TPSA) is 96.0 Å². The number of hydrogen-bond acceptors (Lipinski definition) is 5. The smallest absolute Gasteiger partial charge is 0.276 e. The van der Waals surface area contributed by atoms with Gasteiger partial charge in [-0.25, -0.2) is 9.91 Å². The molecule has 1 N–H and O–H groups in total. The Balaban J connectivity index is 1.46. The maximum atomic E-state index is 13.1. The van der Waals surface area contributed by atoms with Gasteiger partial charge in [-0.3, -0.25) is 24.6 Å². The summed E-state index contributed by atoms with van der Waals surface area (Å²) in [5, 5.41) is 2.97. The van der Waals surface area contributed by atoms with Crippen molar-refractivity contribution in [3.8, 4) is 5.75 Å². The van der Waals surface area contributed by atoms with Crippen molar-refractivity contribution in [3.05, 3.63) is 72.3 Å². The van der Waals surface area contributed by atoms with Crippen molar-refractivity contribution in [2.24, 2.45) is 0 Å². The third-order valence-electron chi connectivity index (χ3n) is 5.60. The zero-order valence-corrected chi connectivity index (χ0v) is 19.0. The Morgan fingerprint density at radius 1 is 1.03 bits per heavy atom. The van der Waals surface area contributed by atoms with Gasteiger partial charge < -0.3 is 4.74 Å². The van der Waals surface area contributed by atoms with E-state index < -0.39 is 29.7 Å². The molecule has 1 saturated heterocycles. The summed E-state index contributed by atoms with van der Waals surface area (Å²) >= 11 is 0. The number of ether oxygens (including phenoxy) is 1. The SMILES string of the molecule is CCC(=O)N(NC(=O)COc1ccc2ccccc2c1)C1CC(=O)N(c2cccc(C)c2)C1=O. The molecule has 4 rings (SSSR count). The number of fused-ring (bicyclic) bond motifs is 1. The van der Waals surface area contributed by atoms with E-state index in [1.54, 1.807) is 31.2 Å². The summed E-state index contributed by atoms with van der Waals surface area (Å²) in [4.78, 5) is 52.0. The van der Waals surface area contributed by atoms with Gasteiger partial charge in [0.15, 0.2) is 6.61 Å². The van der Waals surface area contributed by atoms with Crippen LogP contribution in [-0.2, 0) is 19.2 Å². The number of rotatable bonds is 6. The quantitative estimate of drug-likeness (QED) is 0.451. The van der Waals surface area contributed by atoms with Gasteiger partial charge in [0.1, 0.15) is 11.8 Å². The fraction of sp³-hybridized carbons (Fsp3) is 0.231. The van der Waals surface area contributed by atoms with E-state index in [1.807, 2.05) is 49.4 Å². The molecule has 8 nitrogen and oxygen atoms in total. The molecule has 1 unspecified atom stereocenters. The minimum absolute atomic E-state index is 0.0498. The highest BCUT2D eigenvalue weighted by Crippen LogP contribution is 2.26. The summed E-state index contributed by atoms with van der Waals surface area (Å²) in [6, 6.07) is 19.1. The van der Waals surface area contributed by atoms with Crippen LogP contribution in [0.5, 0.6) is 5.75 Å².